The van der Waals surface area contributed by atoms with Gasteiger partial charge in [0, 0.05) is 32.2 Å². The zero-order valence-corrected chi connectivity index (χ0v) is 11.2. The van der Waals surface area contributed by atoms with Gasteiger partial charge in [0.15, 0.2) is 0 Å². The fraction of sp³-hybridized carbons (Fsp3) is 0.833. The SMILES string of the molecule is CCCN1CCN(C(=O)NC(C)CC(=O)O)CC1. The van der Waals surface area contributed by atoms with Crippen LogP contribution in [0.1, 0.15) is 26.7 Å². The first-order valence-corrected chi connectivity index (χ1v) is 6.52. The largest absolute Gasteiger partial charge is 0.481 e. The van der Waals surface area contributed by atoms with Gasteiger partial charge in [0.25, 0.3) is 0 Å². The van der Waals surface area contributed by atoms with Gasteiger partial charge in [0.2, 0.25) is 0 Å². The first kappa shape index (κ1) is 14.8. The van der Waals surface area contributed by atoms with Crippen molar-refractivity contribution < 1.29 is 14.7 Å². The minimum absolute atomic E-state index is 0.0401. The van der Waals surface area contributed by atoms with E-state index in [9.17, 15) is 9.59 Å². The Labute approximate surface area is 108 Å². The Morgan fingerprint density at radius 2 is 1.89 bits per heavy atom. The molecule has 0 radical (unpaired) electrons. The standard InChI is InChI=1S/C12H23N3O3/c1-3-4-14-5-7-15(8-6-14)12(18)13-10(2)9-11(16)17/h10H,3-9H2,1-2H3,(H,13,18)(H,16,17). The molecular weight excluding hydrogens is 234 g/mol. The summed E-state index contributed by atoms with van der Waals surface area (Å²) in [4.78, 5) is 26.5. The van der Waals surface area contributed by atoms with Crippen molar-refractivity contribution >= 4 is 12.0 Å². The molecule has 0 aromatic rings. The molecule has 1 fully saturated rings. The van der Waals surface area contributed by atoms with Crippen molar-refractivity contribution in [1.29, 1.82) is 0 Å². The molecule has 2 N–H and O–H groups in total. The highest BCUT2D eigenvalue weighted by Gasteiger charge is 2.21. The van der Waals surface area contributed by atoms with E-state index in [1.807, 2.05) is 0 Å². The summed E-state index contributed by atoms with van der Waals surface area (Å²) in [6.45, 7) is 8.15. The lowest BCUT2D eigenvalue weighted by atomic mass is 10.2. The molecule has 1 unspecified atom stereocenters. The van der Waals surface area contributed by atoms with Gasteiger partial charge in [0.05, 0.1) is 6.42 Å². The first-order chi connectivity index (χ1) is 8.52. The molecule has 1 rings (SSSR count). The molecule has 0 aromatic carbocycles. The highest BCUT2D eigenvalue weighted by molar-refractivity contribution is 5.76. The van der Waals surface area contributed by atoms with Crippen molar-refractivity contribution in [2.45, 2.75) is 32.7 Å². The number of amides is 2. The van der Waals surface area contributed by atoms with E-state index in [1.165, 1.54) is 0 Å². The number of urea groups is 1. The van der Waals surface area contributed by atoms with Crippen LogP contribution in [0.15, 0.2) is 0 Å². The normalized spacial score (nSPS) is 18.4. The summed E-state index contributed by atoms with van der Waals surface area (Å²) in [6.07, 6.45) is 1.09. The summed E-state index contributed by atoms with van der Waals surface area (Å²) >= 11 is 0. The zero-order chi connectivity index (χ0) is 13.5. The van der Waals surface area contributed by atoms with Crippen LogP contribution in [0.25, 0.3) is 0 Å². The molecule has 6 nitrogen and oxygen atoms in total. The van der Waals surface area contributed by atoms with E-state index in [-0.39, 0.29) is 18.5 Å². The van der Waals surface area contributed by atoms with Crippen LogP contribution >= 0.6 is 0 Å². The second-order valence-corrected chi connectivity index (χ2v) is 4.78. The molecule has 0 spiro atoms. The molecule has 18 heavy (non-hydrogen) atoms. The highest BCUT2D eigenvalue weighted by atomic mass is 16.4. The number of carboxylic acids is 1. The smallest absolute Gasteiger partial charge is 0.317 e. The minimum atomic E-state index is -0.893. The number of carboxylic acid groups (broad SMARTS) is 1. The number of nitrogens with zero attached hydrogens (tertiary/aromatic N) is 2. The molecule has 104 valence electrons. The van der Waals surface area contributed by atoms with Gasteiger partial charge in [-0.1, -0.05) is 6.92 Å². The van der Waals surface area contributed by atoms with Crippen LogP contribution in [0, 0.1) is 0 Å². The second kappa shape index (κ2) is 7.20. The van der Waals surface area contributed by atoms with E-state index >= 15 is 0 Å². The maximum atomic E-state index is 11.9. The van der Waals surface area contributed by atoms with Crippen molar-refractivity contribution in [3.8, 4) is 0 Å². The third-order valence-corrected chi connectivity index (χ3v) is 3.05. The predicted octanol–water partition coefficient (Wildman–Crippen LogP) is 0.587. The molecule has 0 saturated carbocycles. The van der Waals surface area contributed by atoms with Gasteiger partial charge in [-0.3, -0.25) is 9.69 Å². The van der Waals surface area contributed by atoms with Crippen molar-refractivity contribution in [1.82, 2.24) is 15.1 Å². The summed E-state index contributed by atoms with van der Waals surface area (Å²) in [7, 11) is 0. The van der Waals surface area contributed by atoms with E-state index in [1.54, 1.807) is 11.8 Å². The molecule has 1 atom stereocenters. The van der Waals surface area contributed by atoms with E-state index < -0.39 is 5.97 Å². The Hall–Kier alpha value is -1.30. The predicted molar refractivity (Wildman–Crippen MR) is 68.6 cm³/mol. The number of nitrogens with one attached hydrogen (secondary N) is 1. The number of hydrogen-bond acceptors (Lipinski definition) is 3. The Balaban J connectivity index is 2.29. The third-order valence-electron chi connectivity index (χ3n) is 3.05. The van der Waals surface area contributed by atoms with Gasteiger partial charge in [0.1, 0.15) is 0 Å². The van der Waals surface area contributed by atoms with Crippen molar-refractivity contribution in [2.24, 2.45) is 0 Å². The second-order valence-electron chi connectivity index (χ2n) is 4.78. The lowest BCUT2D eigenvalue weighted by molar-refractivity contribution is -0.137. The Bertz CT molecular complexity index is 288. The molecule has 6 heteroatoms. The van der Waals surface area contributed by atoms with Gasteiger partial charge in [-0.2, -0.15) is 0 Å². The number of piperazine rings is 1. The monoisotopic (exact) mass is 257 g/mol. The number of carbonyl (C=O) groups excluding carboxylic acids is 1. The van der Waals surface area contributed by atoms with Gasteiger partial charge < -0.3 is 15.3 Å². The van der Waals surface area contributed by atoms with Crippen LogP contribution in [0.4, 0.5) is 4.79 Å². The molecule has 0 bridgehead atoms. The number of hydrogen-bond donors (Lipinski definition) is 2. The van der Waals surface area contributed by atoms with Gasteiger partial charge in [-0.25, -0.2) is 4.79 Å². The van der Waals surface area contributed by atoms with Crippen LogP contribution in [-0.2, 0) is 4.79 Å². The average Bonchev–Trinajstić information content (AvgIpc) is 2.29. The van der Waals surface area contributed by atoms with Crippen molar-refractivity contribution in [3.05, 3.63) is 0 Å². The highest BCUT2D eigenvalue weighted by Crippen LogP contribution is 2.03. The first-order valence-electron chi connectivity index (χ1n) is 6.52. The zero-order valence-electron chi connectivity index (χ0n) is 11.2. The molecule has 1 saturated heterocycles. The van der Waals surface area contributed by atoms with Gasteiger partial charge in [-0.15, -0.1) is 0 Å². The number of aliphatic carboxylic acids is 1. The maximum absolute atomic E-state index is 11.9. The summed E-state index contributed by atoms with van der Waals surface area (Å²) in [5, 5.41) is 11.3. The van der Waals surface area contributed by atoms with Crippen molar-refractivity contribution in [2.75, 3.05) is 32.7 Å². The summed E-state index contributed by atoms with van der Waals surface area (Å²) in [5.41, 5.74) is 0. The fourth-order valence-corrected chi connectivity index (χ4v) is 2.11. The van der Waals surface area contributed by atoms with Crippen LogP contribution in [0.3, 0.4) is 0 Å². The molecule has 0 aromatic heterocycles. The molecule has 1 heterocycles. The van der Waals surface area contributed by atoms with Crippen LogP contribution in [0.2, 0.25) is 0 Å². The van der Waals surface area contributed by atoms with Gasteiger partial charge in [-0.05, 0) is 19.9 Å². The molecule has 1 aliphatic heterocycles. The van der Waals surface area contributed by atoms with Crippen molar-refractivity contribution in [3.63, 3.8) is 0 Å². The molecule has 2 amide bonds. The summed E-state index contributed by atoms with van der Waals surface area (Å²) in [6, 6.07) is -0.483. The van der Waals surface area contributed by atoms with E-state index in [2.05, 4.69) is 17.1 Å². The lowest BCUT2D eigenvalue weighted by Crippen LogP contribution is -2.53. The Morgan fingerprint density at radius 3 is 2.39 bits per heavy atom. The molecule has 1 aliphatic rings. The van der Waals surface area contributed by atoms with E-state index in [0.717, 1.165) is 26.1 Å². The molecule has 0 aliphatic carbocycles. The maximum Gasteiger partial charge on any atom is 0.317 e. The Kier molecular flexibility index (Phi) is 5.91. The summed E-state index contributed by atoms with van der Waals surface area (Å²) in [5.74, 6) is -0.893. The Morgan fingerprint density at radius 1 is 1.28 bits per heavy atom. The minimum Gasteiger partial charge on any atom is -0.481 e. The third kappa shape index (κ3) is 4.91. The van der Waals surface area contributed by atoms with E-state index in [4.69, 9.17) is 5.11 Å². The van der Waals surface area contributed by atoms with Crippen LogP contribution < -0.4 is 5.32 Å². The van der Waals surface area contributed by atoms with Gasteiger partial charge >= 0.3 is 12.0 Å². The lowest BCUT2D eigenvalue weighted by Gasteiger charge is -2.35. The number of rotatable bonds is 5. The van der Waals surface area contributed by atoms with E-state index in [0.29, 0.717) is 13.1 Å². The topological polar surface area (TPSA) is 72.9 Å². The average molecular weight is 257 g/mol. The number of carbonyl (C=O) groups is 2. The van der Waals surface area contributed by atoms with Crippen LogP contribution in [0.5, 0.6) is 0 Å². The van der Waals surface area contributed by atoms with Crippen LogP contribution in [-0.4, -0.2) is 65.7 Å². The molecular formula is C12H23N3O3. The summed E-state index contributed by atoms with van der Waals surface area (Å²) < 4.78 is 0. The quantitative estimate of drug-likeness (QED) is 0.756. The fourth-order valence-electron chi connectivity index (χ4n) is 2.11.